The van der Waals surface area contributed by atoms with Gasteiger partial charge in [0.25, 0.3) is 5.91 Å². The van der Waals surface area contributed by atoms with Crippen LogP contribution in [0.4, 0.5) is 0 Å². The van der Waals surface area contributed by atoms with Crippen LogP contribution in [0.2, 0.25) is 0 Å². The van der Waals surface area contributed by atoms with E-state index in [0.29, 0.717) is 38.2 Å². The van der Waals surface area contributed by atoms with Gasteiger partial charge >= 0.3 is 0 Å². The van der Waals surface area contributed by atoms with Gasteiger partial charge in [0.2, 0.25) is 5.91 Å². The van der Waals surface area contributed by atoms with Crippen LogP contribution in [-0.4, -0.2) is 47.8 Å². The van der Waals surface area contributed by atoms with E-state index < -0.39 is 0 Å². The Morgan fingerprint density at radius 1 is 1.00 bits per heavy atom. The fourth-order valence-corrected chi connectivity index (χ4v) is 3.57. The molecule has 0 N–H and O–H groups in total. The van der Waals surface area contributed by atoms with E-state index in [1.54, 1.807) is 21.9 Å². The Hall–Kier alpha value is -3.59. The number of carbonyl (C=O) groups is 2. The van der Waals surface area contributed by atoms with E-state index in [4.69, 9.17) is 0 Å². The lowest BCUT2D eigenvalue weighted by atomic mass is 10.0. The van der Waals surface area contributed by atoms with Crippen molar-refractivity contribution in [1.82, 2.24) is 9.80 Å². The maximum atomic E-state index is 12.7. The average molecular weight is 387 g/mol. The van der Waals surface area contributed by atoms with Gasteiger partial charge in [-0.05, 0) is 35.2 Å². The van der Waals surface area contributed by atoms with E-state index in [2.05, 4.69) is 12.1 Å². The molecule has 1 aliphatic heterocycles. The Morgan fingerprint density at radius 2 is 1.76 bits per heavy atom. The van der Waals surface area contributed by atoms with Crippen molar-refractivity contribution in [2.45, 2.75) is 13.3 Å². The Morgan fingerprint density at radius 3 is 2.45 bits per heavy atom. The van der Waals surface area contributed by atoms with Crippen LogP contribution >= 0.6 is 0 Å². The molecule has 2 aromatic carbocycles. The van der Waals surface area contributed by atoms with Crippen molar-refractivity contribution in [3.05, 3.63) is 71.7 Å². The molecule has 1 saturated heterocycles. The van der Waals surface area contributed by atoms with Crippen LogP contribution in [0.1, 0.15) is 23.7 Å². The molecular weight excluding hydrogens is 366 g/mol. The summed E-state index contributed by atoms with van der Waals surface area (Å²) in [7, 11) is 0. The van der Waals surface area contributed by atoms with E-state index in [1.807, 2.05) is 31.2 Å². The molecule has 1 aliphatic rings. The predicted octanol–water partition coefficient (Wildman–Crippen LogP) is 2.43. The first-order valence-electron chi connectivity index (χ1n) is 9.69. The third kappa shape index (κ3) is 3.85. The van der Waals surface area contributed by atoms with Crippen LogP contribution in [0.5, 0.6) is 0 Å². The molecule has 0 aliphatic carbocycles. The summed E-state index contributed by atoms with van der Waals surface area (Å²) in [5.74, 6) is 0.0386. The van der Waals surface area contributed by atoms with Crippen LogP contribution < -0.4 is 4.73 Å². The highest BCUT2D eigenvalue weighted by Gasteiger charge is 2.24. The number of nitrogens with zero attached hydrogens (tertiary/aromatic N) is 3. The zero-order valence-electron chi connectivity index (χ0n) is 16.2. The van der Waals surface area contributed by atoms with Crippen LogP contribution in [0.25, 0.3) is 21.9 Å². The third-order valence-corrected chi connectivity index (χ3v) is 5.27. The largest absolute Gasteiger partial charge is 0.619 e. The maximum absolute atomic E-state index is 12.7. The minimum atomic E-state index is -0.0880. The lowest BCUT2D eigenvalue weighted by Gasteiger charge is -2.34. The number of hydrogen-bond acceptors (Lipinski definition) is 3. The molecule has 0 atom stereocenters. The maximum Gasteiger partial charge on any atom is 0.262 e. The van der Waals surface area contributed by atoms with Gasteiger partial charge in [-0.25, -0.2) is 0 Å². The molecule has 0 radical (unpaired) electrons. The van der Waals surface area contributed by atoms with Crippen molar-refractivity contribution >= 4 is 22.6 Å². The lowest BCUT2D eigenvalue weighted by molar-refractivity contribution is -0.603. The molecule has 0 saturated carbocycles. The van der Waals surface area contributed by atoms with E-state index in [1.165, 1.54) is 12.4 Å². The number of carbonyl (C=O) groups excluding carboxylic acids is 2. The zero-order chi connectivity index (χ0) is 20.4. The first-order chi connectivity index (χ1) is 14.0. The first kappa shape index (κ1) is 18.8. The van der Waals surface area contributed by atoms with E-state index >= 15 is 0 Å². The molecule has 4 rings (SSSR count). The summed E-state index contributed by atoms with van der Waals surface area (Å²) in [4.78, 5) is 28.1. The van der Waals surface area contributed by atoms with Crippen molar-refractivity contribution < 1.29 is 14.3 Å². The molecule has 146 valence electrons. The Kier molecular flexibility index (Phi) is 5.05. The summed E-state index contributed by atoms with van der Waals surface area (Å²) in [6.07, 6.45) is 3.49. The van der Waals surface area contributed by atoms with Gasteiger partial charge in [0, 0.05) is 49.6 Å². The molecule has 0 spiro atoms. The van der Waals surface area contributed by atoms with Gasteiger partial charge in [-0.2, -0.15) is 4.73 Å². The summed E-state index contributed by atoms with van der Waals surface area (Å²) >= 11 is 0. The molecule has 29 heavy (non-hydrogen) atoms. The Bertz CT molecular complexity index is 1050. The van der Waals surface area contributed by atoms with Gasteiger partial charge in [-0.3, -0.25) is 9.59 Å². The molecule has 0 unspecified atom stereocenters. The van der Waals surface area contributed by atoms with E-state index in [9.17, 15) is 14.8 Å². The fourth-order valence-electron chi connectivity index (χ4n) is 3.57. The van der Waals surface area contributed by atoms with E-state index in [-0.39, 0.29) is 11.8 Å². The predicted molar refractivity (Wildman–Crippen MR) is 109 cm³/mol. The number of piperazine rings is 1. The average Bonchev–Trinajstić information content (AvgIpc) is 2.78. The van der Waals surface area contributed by atoms with Gasteiger partial charge in [-0.1, -0.05) is 25.1 Å². The SMILES string of the molecule is CCC(=O)N1CCN(C(=O)c2c#cc(-c3ccc4c[n+]([O-])ccc4c3)cc2)CC1. The molecule has 6 nitrogen and oxygen atoms in total. The summed E-state index contributed by atoms with van der Waals surface area (Å²) in [5.41, 5.74) is 2.25. The number of rotatable bonds is 3. The first-order valence-corrected chi connectivity index (χ1v) is 9.69. The lowest BCUT2D eigenvalue weighted by Crippen LogP contribution is -2.50. The number of benzene rings is 1. The number of aromatic nitrogens is 1. The highest BCUT2D eigenvalue weighted by molar-refractivity contribution is 5.94. The van der Waals surface area contributed by atoms with Gasteiger partial charge in [0.1, 0.15) is 0 Å². The van der Waals surface area contributed by atoms with Crippen molar-refractivity contribution in [3.8, 4) is 11.1 Å². The number of fused-ring (bicyclic) bond motifs is 1. The smallest absolute Gasteiger partial charge is 0.262 e. The normalized spacial score (nSPS) is 14.0. The summed E-state index contributed by atoms with van der Waals surface area (Å²) in [5, 5.41) is 13.2. The Labute approximate surface area is 169 Å². The standard InChI is InChI=1S/C23H21N3O3/c1-2-22(27)24-11-13-25(14-12-24)23(28)18-5-3-17(4-6-18)19-7-8-21-16-26(29)10-9-20(21)15-19/h3,5,7-10,15-16H,2,11-14H2,1H3. The topological polar surface area (TPSA) is 67.6 Å². The summed E-state index contributed by atoms with van der Waals surface area (Å²) < 4.78 is 0.778. The molecule has 0 bridgehead atoms. The van der Waals surface area contributed by atoms with Crippen LogP contribution in [-0.2, 0) is 4.79 Å². The molecule has 2 amide bonds. The van der Waals surface area contributed by atoms with Crippen LogP contribution in [0.3, 0.4) is 0 Å². The fraction of sp³-hybridized carbons (Fsp3) is 0.261. The minimum Gasteiger partial charge on any atom is -0.619 e. The van der Waals surface area contributed by atoms with Crippen LogP contribution in [0.15, 0.2) is 48.8 Å². The van der Waals surface area contributed by atoms with Crippen molar-refractivity contribution in [3.63, 3.8) is 0 Å². The third-order valence-electron chi connectivity index (χ3n) is 5.27. The van der Waals surface area contributed by atoms with Crippen LogP contribution in [0, 0.1) is 17.3 Å². The summed E-state index contributed by atoms with van der Waals surface area (Å²) in [6.45, 7) is 4.05. The Balaban J connectivity index is 1.47. The van der Waals surface area contributed by atoms with Crippen molar-refractivity contribution in [2.24, 2.45) is 0 Å². The van der Waals surface area contributed by atoms with Gasteiger partial charge in [-0.15, -0.1) is 0 Å². The van der Waals surface area contributed by atoms with Gasteiger partial charge in [0.15, 0.2) is 12.4 Å². The second kappa shape index (κ2) is 7.80. The molecule has 3 aromatic rings. The molecular formula is C23H21N3O3. The minimum absolute atomic E-state index is 0.0880. The van der Waals surface area contributed by atoms with Crippen molar-refractivity contribution in [2.75, 3.05) is 26.2 Å². The molecule has 2 heterocycles. The summed E-state index contributed by atoms with van der Waals surface area (Å²) in [6, 6.07) is 17.3. The number of pyridine rings is 1. The highest BCUT2D eigenvalue weighted by atomic mass is 16.5. The highest BCUT2D eigenvalue weighted by Crippen LogP contribution is 2.22. The number of amides is 2. The zero-order valence-corrected chi connectivity index (χ0v) is 16.2. The van der Waals surface area contributed by atoms with Crippen molar-refractivity contribution in [1.29, 1.82) is 0 Å². The second-order valence-corrected chi connectivity index (χ2v) is 7.09. The second-order valence-electron chi connectivity index (χ2n) is 7.09. The van der Waals surface area contributed by atoms with Gasteiger partial charge in [0.05, 0.1) is 5.56 Å². The number of hydrogen-bond donors (Lipinski definition) is 0. The van der Waals surface area contributed by atoms with Gasteiger partial charge < -0.3 is 15.0 Å². The monoisotopic (exact) mass is 387 g/mol. The molecule has 1 fully saturated rings. The molecule has 1 aromatic heterocycles. The van der Waals surface area contributed by atoms with E-state index in [0.717, 1.165) is 26.6 Å². The quantitative estimate of drug-likeness (QED) is 0.512. The molecule has 6 heteroatoms.